The van der Waals surface area contributed by atoms with Gasteiger partial charge in [0.2, 0.25) is 11.8 Å². The Morgan fingerprint density at radius 1 is 1.04 bits per heavy atom. The van der Waals surface area contributed by atoms with Crippen molar-refractivity contribution in [2.75, 3.05) is 18.4 Å². The van der Waals surface area contributed by atoms with Gasteiger partial charge in [0.15, 0.2) is 0 Å². The van der Waals surface area contributed by atoms with Crippen LogP contribution < -0.4 is 10.1 Å². The number of aromatic nitrogens is 3. The van der Waals surface area contributed by atoms with E-state index in [4.69, 9.17) is 14.5 Å². The molecule has 4 aromatic rings. The Morgan fingerprint density at radius 2 is 1.85 bits per heavy atom. The lowest BCUT2D eigenvalue weighted by Gasteiger charge is -2.34. The Kier molecular flexibility index (Phi) is 8.29. The predicted octanol–water partition coefficient (Wildman–Crippen LogP) is 8.04. The molecule has 0 bridgehead atoms. The number of benzene rings is 2. The molecule has 2 atom stereocenters. The first kappa shape index (κ1) is 32.0. The number of likely N-dealkylation sites (tertiary alicyclic amines) is 1. The summed E-state index contributed by atoms with van der Waals surface area (Å²) >= 11 is 0. The highest BCUT2D eigenvalue weighted by atomic mass is 19.1. The van der Waals surface area contributed by atoms with E-state index >= 15 is 4.39 Å². The van der Waals surface area contributed by atoms with Gasteiger partial charge in [-0.05, 0) is 106 Å². The number of rotatable bonds is 8. The third-order valence-corrected chi connectivity index (χ3v) is 9.99. The quantitative estimate of drug-likeness (QED) is 0.204. The van der Waals surface area contributed by atoms with Crippen molar-refractivity contribution >= 4 is 28.6 Å². The average molecular weight is 652 g/mol. The number of anilines is 1. The summed E-state index contributed by atoms with van der Waals surface area (Å²) in [5.74, 6) is 1.16. The maximum atomic E-state index is 15.3. The van der Waals surface area contributed by atoms with Gasteiger partial charge in [-0.3, -0.25) is 4.79 Å². The predicted molar refractivity (Wildman–Crippen MR) is 182 cm³/mol. The minimum absolute atomic E-state index is 0.0369. The van der Waals surface area contributed by atoms with Crippen molar-refractivity contribution in [1.29, 1.82) is 0 Å². The van der Waals surface area contributed by atoms with Crippen LogP contribution in [0.25, 0.3) is 22.0 Å². The molecule has 1 saturated heterocycles. The van der Waals surface area contributed by atoms with E-state index in [-0.39, 0.29) is 41.5 Å². The highest BCUT2D eigenvalue weighted by molar-refractivity contribution is 5.96. The summed E-state index contributed by atoms with van der Waals surface area (Å²) in [5, 5.41) is 4.79. The standard InChI is InChI=1S/C38H42FN5O4/c1-23-10-11-25-26(12-13-30(39)28(25)20-32(45)29-21-38(29)15-7-16-38)33(23)47-34-27(9-5-17-40-34)31-14-18-41-35(43-31)42-24-8-6-19-44(22-24)36(46)48-37(2,3)4/h5,9-14,17-18,24,29H,6-8,15-16,19-22H2,1-4H3,(H,41,42,43)/t24-,29-/m0/s1. The van der Waals surface area contributed by atoms with Crippen LogP contribution in [-0.4, -0.2) is 56.5 Å². The molecule has 250 valence electrons. The van der Waals surface area contributed by atoms with Gasteiger partial charge < -0.3 is 19.7 Å². The Labute approximate surface area is 280 Å². The van der Waals surface area contributed by atoms with Gasteiger partial charge in [-0.25, -0.2) is 24.1 Å². The van der Waals surface area contributed by atoms with E-state index in [9.17, 15) is 9.59 Å². The van der Waals surface area contributed by atoms with Crippen LogP contribution in [0.1, 0.15) is 70.4 Å². The molecule has 2 aliphatic carbocycles. The fraction of sp³-hybridized carbons (Fsp3) is 0.447. The second-order valence-electron chi connectivity index (χ2n) is 14.6. The SMILES string of the molecule is Cc1ccc2c(CC(=O)[C@@H]3CC34CCC4)c(F)ccc2c1Oc1ncccc1-c1ccnc(N[C@H]2CCCN(C(=O)OC(C)(C)C)C2)n1. The Morgan fingerprint density at radius 3 is 2.60 bits per heavy atom. The average Bonchev–Trinajstić information content (AvgIpc) is 3.81. The maximum Gasteiger partial charge on any atom is 0.410 e. The molecular weight excluding hydrogens is 609 g/mol. The number of carbonyl (C=O) groups excluding carboxylic acids is 2. The van der Waals surface area contributed by atoms with E-state index in [1.165, 1.54) is 12.5 Å². The van der Waals surface area contributed by atoms with Gasteiger partial charge in [-0.2, -0.15) is 0 Å². The van der Waals surface area contributed by atoms with Crippen LogP contribution in [0.15, 0.2) is 54.9 Å². The molecule has 1 amide bonds. The number of amides is 1. The van der Waals surface area contributed by atoms with Gasteiger partial charge in [0.25, 0.3) is 0 Å². The zero-order valence-electron chi connectivity index (χ0n) is 28.0. The normalized spacial score (nSPS) is 19.9. The van der Waals surface area contributed by atoms with E-state index in [2.05, 4.69) is 15.3 Å². The molecule has 2 saturated carbocycles. The number of ether oxygens (including phenoxy) is 2. The van der Waals surface area contributed by atoms with Gasteiger partial charge in [0, 0.05) is 54.8 Å². The first-order valence-corrected chi connectivity index (χ1v) is 16.9. The smallest absolute Gasteiger partial charge is 0.410 e. The fourth-order valence-electron chi connectivity index (χ4n) is 7.23. The molecular formula is C38H42FN5O4. The van der Waals surface area contributed by atoms with Crippen LogP contribution in [0.3, 0.4) is 0 Å². The van der Waals surface area contributed by atoms with Crippen molar-refractivity contribution in [3.63, 3.8) is 0 Å². The summed E-state index contributed by atoms with van der Waals surface area (Å²) in [7, 11) is 0. The minimum Gasteiger partial charge on any atom is -0.444 e. The summed E-state index contributed by atoms with van der Waals surface area (Å²) in [6, 6.07) is 12.4. The van der Waals surface area contributed by atoms with Crippen LogP contribution in [0.4, 0.5) is 15.1 Å². The molecule has 2 aromatic carbocycles. The molecule has 1 spiro atoms. The van der Waals surface area contributed by atoms with E-state index in [1.54, 1.807) is 29.4 Å². The number of fused-ring (bicyclic) bond motifs is 1. The van der Waals surface area contributed by atoms with E-state index < -0.39 is 5.60 Å². The monoisotopic (exact) mass is 651 g/mol. The fourth-order valence-corrected chi connectivity index (χ4v) is 7.23. The van der Waals surface area contributed by atoms with Crippen molar-refractivity contribution in [3.8, 4) is 22.9 Å². The summed E-state index contributed by atoms with van der Waals surface area (Å²) < 4.78 is 27.4. The molecule has 2 aromatic heterocycles. The highest BCUT2D eigenvalue weighted by Gasteiger charge is 2.60. The summed E-state index contributed by atoms with van der Waals surface area (Å²) in [5.41, 5.74) is 2.19. The third-order valence-electron chi connectivity index (χ3n) is 9.99. The Balaban J connectivity index is 1.12. The van der Waals surface area contributed by atoms with Crippen LogP contribution in [0.2, 0.25) is 0 Å². The number of aryl methyl sites for hydroxylation is 1. The number of Topliss-reactive ketones (excluding diaryl/α,β-unsaturated/α-hetero) is 1. The van der Waals surface area contributed by atoms with Crippen molar-refractivity contribution in [1.82, 2.24) is 19.9 Å². The molecule has 3 fully saturated rings. The molecule has 0 radical (unpaired) electrons. The Hall–Kier alpha value is -4.60. The van der Waals surface area contributed by atoms with Crippen molar-refractivity contribution in [3.05, 3.63) is 71.8 Å². The van der Waals surface area contributed by atoms with Crippen LogP contribution >= 0.6 is 0 Å². The second-order valence-corrected chi connectivity index (χ2v) is 14.6. The number of piperidine rings is 1. The number of hydrogen-bond donors (Lipinski definition) is 1. The third kappa shape index (κ3) is 6.44. The molecule has 48 heavy (non-hydrogen) atoms. The molecule has 3 heterocycles. The molecule has 1 N–H and O–H groups in total. The summed E-state index contributed by atoms with van der Waals surface area (Å²) in [6.07, 6.45) is 9.15. The van der Waals surface area contributed by atoms with Crippen molar-refractivity contribution < 1.29 is 23.5 Å². The first-order valence-electron chi connectivity index (χ1n) is 16.9. The zero-order valence-corrected chi connectivity index (χ0v) is 28.0. The van der Waals surface area contributed by atoms with Gasteiger partial charge in [0.1, 0.15) is 23.0 Å². The maximum absolute atomic E-state index is 15.3. The number of nitrogens with zero attached hydrogens (tertiary/aromatic N) is 4. The van der Waals surface area contributed by atoms with Gasteiger partial charge in [-0.15, -0.1) is 0 Å². The van der Waals surface area contributed by atoms with Crippen LogP contribution in [0.5, 0.6) is 11.6 Å². The Bertz CT molecular complexity index is 1890. The molecule has 7 rings (SSSR count). The molecule has 9 nitrogen and oxygen atoms in total. The number of hydrogen-bond acceptors (Lipinski definition) is 8. The lowest BCUT2D eigenvalue weighted by molar-refractivity contribution is -0.120. The number of ketones is 1. The summed E-state index contributed by atoms with van der Waals surface area (Å²) in [6.45, 7) is 8.65. The molecule has 0 unspecified atom stereocenters. The largest absolute Gasteiger partial charge is 0.444 e. The van der Waals surface area contributed by atoms with Gasteiger partial charge in [-0.1, -0.05) is 18.6 Å². The van der Waals surface area contributed by atoms with E-state index in [1.807, 2.05) is 52.0 Å². The van der Waals surface area contributed by atoms with Gasteiger partial charge in [0.05, 0.1) is 11.3 Å². The van der Waals surface area contributed by atoms with Gasteiger partial charge >= 0.3 is 6.09 Å². The second kappa shape index (κ2) is 12.5. The first-order chi connectivity index (χ1) is 23.0. The molecule has 1 aliphatic heterocycles. The van der Waals surface area contributed by atoms with E-state index in [0.717, 1.165) is 43.1 Å². The van der Waals surface area contributed by atoms with E-state index in [0.29, 0.717) is 52.9 Å². The zero-order chi connectivity index (χ0) is 33.6. The number of nitrogens with one attached hydrogen (secondary N) is 1. The lowest BCUT2D eigenvalue weighted by Crippen LogP contribution is -2.47. The topological polar surface area (TPSA) is 107 Å². The number of pyridine rings is 1. The van der Waals surface area contributed by atoms with Crippen molar-refractivity contribution in [2.45, 2.75) is 84.3 Å². The minimum atomic E-state index is -0.560. The lowest BCUT2D eigenvalue weighted by atomic mass is 9.78. The van der Waals surface area contributed by atoms with Crippen molar-refractivity contribution in [2.24, 2.45) is 11.3 Å². The molecule has 3 aliphatic rings. The molecule has 10 heteroatoms. The number of halogens is 1. The highest BCUT2D eigenvalue weighted by Crippen LogP contribution is 2.66. The summed E-state index contributed by atoms with van der Waals surface area (Å²) in [4.78, 5) is 41.4. The van der Waals surface area contributed by atoms with Crippen LogP contribution in [-0.2, 0) is 16.0 Å². The number of carbonyl (C=O) groups is 2. The van der Waals surface area contributed by atoms with Crippen LogP contribution in [0, 0.1) is 24.1 Å².